The van der Waals surface area contributed by atoms with Crippen LogP contribution in [0, 0.1) is 5.92 Å². The molecular formula is C11H12O4. The molecule has 1 aliphatic carbocycles. The van der Waals surface area contributed by atoms with Crippen molar-refractivity contribution < 1.29 is 19.1 Å². The first-order valence-corrected chi connectivity index (χ1v) is 4.83. The molecular weight excluding hydrogens is 196 g/mol. The van der Waals surface area contributed by atoms with Crippen LogP contribution in [0.15, 0.2) is 24.3 Å². The van der Waals surface area contributed by atoms with E-state index >= 15 is 0 Å². The third-order valence-electron chi connectivity index (χ3n) is 2.61. The van der Waals surface area contributed by atoms with Gasteiger partial charge in [-0.05, 0) is 19.4 Å². The molecule has 0 amide bonds. The van der Waals surface area contributed by atoms with Gasteiger partial charge in [-0.25, -0.2) is 9.59 Å². The Morgan fingerprint density at radius 2 is 2.40 bits per heavy atom. The van der Waals surface area contributed by atoms with Gasteiger partial charge in [0.25, 0.3) is 0 Å². The summed E-state index contributed by atoms with van der Waals surface area (Å²) >= 11 is 0. The Morgan fingerprint density at radius 1 is 1.67 bits per heavy atom. The van der Waals surface area contributed by atoms with Gasteiger partial charge in [0.2, 0.25) is 6.10 Å². The quantitative estimate of drug-likeness (QED) is 0.385. The van der Waals surface area contributed by atoms with E-state index in [9.17, 15) is 9.59 Å². The van der Waals surface area contributed by atoms with Crippen molar-refractivity contribution in [3.8, 4) is 0 Å². The molecule has 0 saturated carbocycles. The number of fused-ring (bicyclic) bond motifs is 1. The SMILES string of the molecule is C=C(C)C(=O)O[C@@H]1C(=O)O[C@@H]2C=CC[C@H]12. The molecule has 2 rings (SSSR count). The third kappa shape index (κ3) is 1.67. The Labute approximate surface area is 87.5 Å². The fraction of sp³-hybridized carbons (Fsp3) is 0.455. The standard InChI is InChI=1S/C11H12O4/c1-6(2)10(12)15-9-7-4-3-5-8(7)14-11(9)13/h3,5,7-9H,1,4H2,2H3/t7-,8+,9-/m0/s1. The summed E-state index contributed by atoms with van der Waals surface area (Å²) in [7, 11) is 0. The molecule has 15 heavy (non-hydrogen) atoms. The van der Waals surface area contributed by atoms with E-state index in [-0.39, 0.29) is 17.6 Å². The van der Waals surface area contributed by atoms with Gasteiger partial charge < -0.3 is 9.47 Å². The highest BCUT2D eigenvalue weighted by Crippen LogP contribution is 2.33. The van der Waals surface area contributed by atoms with E-state index in [1.54, 1.807) is 6.92 Å². The summed E-state index contributed by atoms with van der Waals surface area (Å²) in [4.78, 5) is 22.7. The predicted octanol–water partition coefficient (Wildman–Crippen LogP) is 0.976. The molecule has 4 heteroatoms. The number of carbonyl (C=O) groups excluding carboxylic acids is 2. The molecule has 0 aromatic carbocycles. The lowest BCUT2D eigenvalue weighted by atomic mass is 10.0. The zero-order chi connectivity index (χ0) is 11.0. The maximum Gasteiger partial charge on any atom is 0.348 e. The Hall–Kier alpha value is -1.58. The van der Waals surface area contributed by atoms with Crippen LogP contribution in [0.1, 0.15) is 13.3 Å². The minimum Gasteiger partial charge on any atom is -0.455 e. The van der Waals surface area contributed by atoms with Crippen molar-refractivity contribution in [3.05, 3.63) is 24.3 Å². The van der Waals surface area contributed by atoms with E-state index in [1.165, 1.54) is 0 Å². The average Bonchev–Trinajstić information content (AvgIpc) is 2.69. The van der Waals surface area contributed by atoms with Crippen LogP contribution in [0.25, 0.3) is 0 Å². The van der Waals surface area contributed by atoms with Crippen LogP contribution in [0.2, 0.25) is 0 Å². The van der Waals surface area contributed by atoms with E-state index in [0.717, 1.165) is 0 Å². The van der Waals surface area contributed by atoms with Crippen molar-refractivity contribution in [2.45, 2.75) is 25.6 Å². The van der Waals surface area contributed by atoms with Crippen LogP contribution in [0.5, 0.6) is 0 Å². The summed E-state index contributed by atoms with van der Waals surface area (Å²) < 4.78 is 10.1. The number of rotatable bonds is 2. The van der Waals surface area contributed by atoms with Crippen molar-refractivity contribution in [3.63, 3.8) is 0 Å². The molecule has 1 saturated heterocycles. The number of esters is 2. The molecule has 1 aliphatic heterocycles. The molecule has 0 aromatic heterocycles. The normalized spacial score (nSPS) is 32.3. The molecule has 0 bridgehead atoms. The van der Waals surface area contributed by atoms with E-state index < -0.39 is 18.0 Å². The van der Waals surface area contributed by atoms with Crippen LogP contribution in [-0.2, 0) is 19.1 Å². The minimum absolute atomic E-state index is 0.0548. The topological polar surface area (TPSA) is 52.6 Å². The summed E-state index contributed by atoms with van der Waals surface area (Å²) in [5, 5.41) is 0. The first kappa shape index (κ1) is 9.96. The average molecular weight is 208 g/mol. The highest BCUT2D eigenvalue weighted by atomic mass is 16.6. The molecule has 3 atom stereocenters. The van der Waals surface area contributed by atoms with Gasteiger partial charge in [-0.15, -0.1) is 0 Å². The fourth-order valence-electron chi connectivity index (χ4n) is 1.80. The molecule has 2 aliphatic rings. The summed E-state index contributed by atoms with van der Waals surface area (Å²) in [6, 6.07) is 0. The fourth-order valence-corrected chi connectivity index (χ4v) is 1.80. The molecule has 4 nitrogen and oxygen atoms in total. The van der Waals surface area contributed by atoms with E-state index in [4.69, 9.17) is 9.47 Å². The highest BCUT2D eigenvalue weighted by molar-refractivity contribution is 5.90. The van der Waals surface area contributed by atoms with Gasteiger partial charge in [0.1, 0.15) is 6.10 Å². The first-order valence-electron chi connectivity index (χ1n) is 4.83. The highest BCUT2D eigenvalue weighted by Gasteiger charge is 2.47. The number of allylic oxidation sites excluding steroid dienone is 1. The molecule has 80 valence electrons. The Balaban J connectivity index is 2.06. The van der Waals surface area contributed by atoms with Gasteiger partial charge in [0, 0.05) is 5.57 Å². The van der Waals surface area contributed by atoms with Gasteiger partial charge in [-0.1, -0.05) is 12.7 Å². The number of ether oxygens (including phenoxy) is 2. The Bertz CT molecular complexity index is 356. The van der Waals surface area contributed by atoms with Crippen LogP contribution in [0.3, 0.4) is 0 Å². The Morgan fingerprint density at radius 3 is 3.07 bits per heavy atom. The van der Waals surface area contributed by atoms with Crippen LogP contribution < -0.4 is 0 Å². The molecule has 0 unspecified atom stereocenters. The zero-order valence-electron chi connectivity index (χ0n) is 8.43. The van der Waals surface area contributed by atoms with Gasteiger partial charge in [0.15, 0.2) is 0 Å². The Kier molecular flexibility index (Phi) is 2.34. The van der Waals surface area contributed by atoms with Crippen molar-refractivity contribution in [2.24, 2.45) is 5.92 Å². The van der Waals surface area contributed by atoms with Crippen molar-refractivity contribution >= 4 is 11.9 Å². The largest absolute Gasteiger partial charge is 0.455 e. The number of carbonyl (C=O) groups is 2. The second-order valence-electron chi connectivity index (χ2n) is 3.84. The second-order valence-corrected chi connectivity index (χ2v) is 3.84. The maximum absolute atomic E-state index is 11.4. The molecule has 0 radical (unpaired) electrons. The van der Waals surface area contributed by atoms with Gasteiger partial charge in [-0.2, -0.15) is 0 Å². The lowest BCUT2D eigenvalue weighted by Crippen LogP contribution is -2.29. The van der Waals surface area contributed by atoms with E-state index in [0.29, 0.717) is 6.42 Å². The number of hydrogen-bond donors (Lipinski definition) is 0. The molecule has 0 aromatic rings. The minimum atomic E-state index is -0.769. The first-order chi connectivity index (χ1) is 7.09. The summed E-state index contributed by atoms with van der Waals surface area (Å²) in [6.45, 7) is 5.01. The molecule has 1 fully saturated rings. The monoisotopic (exact) mass is 208 g/mol. The summed E-state index contributed by atoms with van der Waals surface area (Å²) in [5.74, 6) is -1.05. The van der Waals surface area contributed by atoms with Gasteiger partial charge >= 0.3 is 11.9 Å². The van der Waals surface area contributed by atoms with Crippen molar-refractivity contribution in [1.29, 1.82) is 0 Å². The van der Waals surface area contributed by atoms with E-state index in [2.05, 4.69) is 6.58 Å². The van der Waals surface area contributed by atoms with Crippen LogP contribution in [0.4, 0.5) is 0 Å². The van der Waals surface area contributed by atoms with Crippen molar-refractivity contribution in [2.75, 3.05) is 0 Å². The molecule has 0 N–H and O–H groups in total. The third-order valence-corrected chi connectivity index (χ3v) is 2.61. The lowest BCUT2D eigenvalue weighted by molar-refractivity contribution is -0.159. The van der Waals surface area contributed by atoms with Gasteiger partial charge in [0.05, 0.1) is 5.92 Å². The zero-order valence-corrected chi connectivity index (χ0v) is 8.43. The van der Waals surface area contributed by atoms with Crippen molar-refractivity contribution in [1.82, 2.24) is 0 Å². The van der Waals surface area contributed by atoms with Crippen LogP contribution >= 0.6 is 0 Å². The smallest absolute Gasteiger partial charge is 0.348 e. The number of hydrogen-bond acceptors (Lipinski definition) is 4. The molecule has 0 spiro atoms. The van der Waals surface area contributed by atoms with E-state index in [1.807, 2.05) is 12.2 Å². The summed E-state index contributed by atoms with van der Waals surface area (Å²) in [6.07, 6.45) is 3.49. The van der Waals surface area contributed by atoms with Crippen LogP contribution in [-0.4, -0.2) is 24.1 Å². The predicted molar refractivity (Wildman–Crippen MR) is 51.8 cm³/mol. The maximum atomic E-state index is 11.4. The summed E-state index contributed by atoms with van der Waals surface area (Å²) in [5.41, 5.74) is 0.289. The molecule has 1 heterocycles. The van der Waals surface area contributed by atoms with Gasteiger partial charge in [-0.3, -0.25) is 0 Å². The second kappa shape index (κ2) is 3.53. The lowest BCUT2D eigenvalue weighted by Gasteiger charge is -2.13.